The second-order valence-corrected chi connectivity index (χ2v) is 5.92. The third-order valence-corrected chi connectivity index (χ3v) is 1.37. The van der Waals surface area contributed by atoms with E-state index in [1.54, 1.807) is 13.8 Å². The lowest BCUT2D eigenvalue weighted by Gasteiger charge is -2.19. The van der Waals surface area contributed by atoms with Crippen LogP contribution in [0.4, 0.5) is 0 Å². The minimum atomic E-state index is -0.833. The number of carbonyl (C=O) groups excluding carboxylic acids is 1. The average Bonchev–Trinajstić information content (AvgIpc) is 2.13. The van der Waals surface area contributed by atoms with E-state index in [-0.39, 0.29) is 18.1 Å². The van der Waals surface area contributed by atoms with E-state index in [0.717, 1.165) is 12.8 Å². The SMILES string of the molecule is CC(=O)O.CC(C)CC(C)(C)C.CCO.CCOC(C)=O.O. The molecule has 0 aromatic heterocycles. The monoisotopic (exact) mass is 326 g/mol. The van der Waals surface area contributed by atoms with Gasteiger partial charge in [-0.15, -0.1) is 0 Å². The van der Waals surface area contributed by atoms with Gasteiger partial charge in [0.05, 0.1) is 6.61 Å². The second kappa shape index (κ2) is 22.1. The summed E-state index contributed by atoms with van der Waals surface area (Å²) in [6, 6.07) is 0. The average molecular weight is 326 g/mol. The third kappa shape index (κ3) is 128. The summed E-state index contributed by atoms with van der Waals surface area (Å²) in [6.45, 7) is 18.1. The molecule has 0 aliphatic heterocycles. The van der Waals surface area contributed by atoms with Crippen molar-refractivity contribution in [1.29, 1.82) is 0 Å². The summed E-state index contributed by atoms with van der Waals surface area (Å²) in [5.74, 6) is -0.201. The molecule has 0 bridgehead atoms. The molecule has 0 saturated carbocycles. The molecule has 0 saturated heterocycles. The molecule has 0 unspecified atom stereocenters. The van der Waals surface area contributed by atoms with Crippen LogP contribution in [-0.2, 0) is 14.3 Å². The molecule has 0 aliphatic rings. The first-order valence-electron chi connectivity index (χ1n) is 7.27. The van der Waals surface area contributed by atoms with Crippen LogP contribution in [0.15, 0.2) is 0 Å². The minimum Gasteiger partial charge on any atom is -0.481 e. The zero-order valence-corrected chi connectivity index (χ0v) is 15.8. The van der Waals surface area contributed by atoms with Crippen LogP contribution in [0.5, 0.6) is 0 Å². The molecular weight excluding hydrogens is 288 g/mol. The van der Waals surface area contributed by atoms with Crippen molar-refractivity contribution >= 4 is 11.9 Å². The van der Waals surface area contributed by atoms with Crippen molar-refractivity contribution in [3.8, 4) is 0 Å². The maximum absolute atomic E-state index is 9.82. The smallest absolute Gasteiger partial charge is 0.302 e. The Balaban J connectivity index is -0.0000000615. The Morgan fingerprint density at radius 2 is 1.36 bits per heavy atom. The largest absolute Gasteiger partial charge is 0.481 e. The molecule has 138 valence electrons. The van der Waals surface area contributed by atoms with E-state index in [1.807, 2.05) is 0 Å². The summed E-state index contributed by atoms with van der Waals surface area (Å²) in [5, 5.41) is 15.0. The molecule has 4 N–H and O–H groups in total. The van der Waals surface area contributed by atoms with Crippen LogP contribution in [0.1, 0.15) is 68.7 Å². The molecule has 0 atom stereocenters. The Hall–Kier alpha value is -1.14. The standard InChI is InChI=1S/C8H18.C4H8O2.C2H4O2.C2H6O.H2O/c1-7(2)6-8(3,4)5;1-3-6-4(2)5;1-2(3)4;1-2-3;/h7H,6H2,1-5H3;3H2,1-2H3;1H3,(H,3,4);3H,2H2,1H3;1H2. The lowest BCUT2D eigenvalue weighted by atomic mass is 9.86. The molecule has 0 aromatic carbocycles. The lowest BCUT2D eigenvalue weighted by Crippen LogP contribution is -2.08. The fraction of sp³-hybridized carbons (Fsp3) is 0.875. The minimum absolute atomic E-state index is 0. The number of carbonyl (C=O) groups is 2. The van der Waals surface area contributed by atoms with E-state index in [1.165, 1.54) is 13.3 Å². The van der Waals surface area contributed by atoms with Gasteiger partial charge in [0.1, 0.15) is 0 Å². The molecule has 6 nitrogen and oxygen atoms in total. The van der Waals surface area contributed by atoms with Crippen molar-refractivity contribution in [2.45, 2.75) is 68.7 Å². The maximum Gasteiger partial charge on any atom is 0.302 e. The number of aliphatic hydroxyl groups excluding tert-OH is 1. The van der Waals surface area contributed by atoms with Gasteiger partial charge in [-0.05, 0) is 31.6 Å². The van der Waals surface area contributed by atoms with Crippen molar-refractivity contribution in [2.75, 3.05) is 13.2 Å². The van der Waals surface area contributed by atoms with Crippen LogP contribution in [0.3, 0.4) is 0 Å². The third-order valence-electron chi connectivity index (χ3n) is 1.37. The number of hydrogen-bond acceptors (Lipinski definition) is 4. The van der Waals surface area contributed by atoms with Crippen molar-refractivity contribution in [1.82, 2.24) is 0 Å². The van der Waals surface area contributed by atoms with Gasteiger partial charge in [-0.25, -0.2) is 0 Å². The van der Waals surface area contributed by atoms with Gasteiger partial charge < -0.3 is 20.4 Å². The molecule has 22 heavy (non-hydrogen) atoms. The molecule has 0 spiro atoms. The summed E-state index contributed by atoms with van der Waals surface area (Å²) in [5.41, 5.74) is 0.522. The second-order valence-electron chi connectivity index (χ2n) is 5.92. The quantitative estimate of drug-likeness (QED) is 0.757. The zero-order chi connectivity index (χ0) is 18.1. The lowest BCUT2D eigenvalue weighted by molar-refractivity contribution is -0.140. The van der Waals surface area contributed by atoms with Gasteiger partial charge in [-0.1, -0.05) is 34.6 Å². The summed E-state index contributed by atoms with van der Waals surface area (Å²) in [7, 11) is 0. The normalized spacial score (nSPS) is 8.68. The van der Waals surface area contributed by atoms with Crippen LogP contribution >= 0.6 is 0 Å². The number of carboxylic acids is 1. The number of ether oxygens (including phenoxy) is 1. The first-order chi connectivity index (χ1) is 9.33. The highest BCUT2D eigenvalue weighted by atomic mass is 16.5. The van der Waals surface area contributed by atoms with Gasteiger partial charge >= 0.3 is 5.97 Å². The number of esters is 1. The van der Waals surface area contributed by atoms with E-state index in [0.29, 0.717) is 12.0 Å². The Kier molecular flexibility index (Phi) is 32.9. The van der Waals surface area contributed by atoms with Crippen molar-refractivity contribution < 1.29 is 30.0 Å². The summed E-state index contributed by atoms with van der Waals surface area (Å²) < 4.78 is 4.40. The van der Waals surface area contributed by atoms with Gasteiger partial charge in [-0.2, -0.15) is 0 Å². The van der Waals surface area contributed by atoms with Crippen LogP contribution in [-0.4, -0.2) is 40.8 Å². The zero-order valence-electron chi connectivity index (χ0n) is 15.8. The van der Waals surface area contributed by atoms with E-state index in [2.05, 4.69) is 39.4 Å². The molecule has 0 aromatic rings. The van der Waals surface area contributed by atoms with Gasteiger partial charge in [-0.3, -0.25) is 9.59 Å². The Morgan fingerprint density at radius 3 is 1.36 bits per heavy atom. The van der Waals surface area contributed by atoms with Crippen LogP contribution in [0.25, 0.3) is 0 Å². The molecule has 0 heterocycles. The van der Waals surface area contributed by atoms with Crippen molar-refractivity contribution in [3.05, 3.63) is 0 Å². The highest BCUT2D eigenvalue weighted by molar-refractivity contribution is 5.65. The topological polar surface area (TPSA) is 115 Å². The number of rotatable bonds is 2. The van der Waals surface area contributed by atoms with E-state index in [4.69, 9.17) is 15.0 Å². The molecule has 0 aliphatic carbocycles. The molecule has 6 heteroatoms. The molecule has 0 rings (SSSR count). The van der Waals surface area contributed by atoms with Crippen molar-refractivity contribution in [2.24, 2.45) is 11.3 Å². The summed E-state index contributed by atoms with van der Waals surface area (Å²) in [6.07, 6.45) is 1.33. The number of aliphatic hydroxyl groups is 1. The Morgan fingerprint density at radius 1 is 1.09 bits per heavy atom. The highest BCUT2D eigenvalue weighted by Crippen LogP contribution is 2.23. The fourth-order valence-corrected chi connectivity index (χ4v) is 1.43. The Labute approximate surface area is 136 Å². The van der Waals surface area contributed by atoms with E-state index in [9.17, 15) is 4.79 Å². The van der Waals surface area contributed by atoms with Gasteiger partial charge in [0.15, 0.2) is 0 Å². The predicted molar refractivity (Wildman–Crippen MR) is 90.9 cm³/mol. The van der Waals surface area contributed by atoms with Gasteiger partial charge in [0.25, 0.3) is 5.97 Å². The first-order valence-corrected chi connectivity index (χ1v) is 7.27. The first kappa shape index (κ1) is 32.7. The van der Waals surface area contributed by atoms with Crippen LogP contribution in [0, 0.1) is 11.3 Å². The van der Waals surface area contributed by atoms with Crippen LogP contribution < -0.4 is 0 Å². The Bertz CT molecular complexity index is 227. The van der Waals surface area contributed by atoms with Gasteiger partial charge in [0.2, 0.25) is 0 Å². The predicted octanol–water partition coefficient (Wildman–Crippen LogP) is 2.91. The highest BCUT2D eigenvalue weighted by Gasteiger charge is 2.11. The molecule has 0 fully saturated rings. The fourth-order valence-electron chi connectivity index (χ4n) is 1.43. The summed E-state index contributed by atoms with van der Waals surface area (Å²) in [4.78, 5) is 18.8. The summed E-state index contributed by atoms with van der Waals surface area (Å²) >= 11 is 0. The van der Waals surface area contributed by atoms with E-state index >= 15 is 0 Å². The van der Waals surface area contributed by atoms with Crippen LogP contribution in [0.2, 0.25) is 0 Å². The van der Waals surface area contributed by atoms with E-state index < -0.39 is 5.97 Å². The molecule has 0 amide bonds. The molecule has 0 radical (unpaired) electrons. The van der Waals surface area contributed by atoms with Gasteiger partial charge in [0, 0.05) is 20.5 Å². The van der Waals surface area contributed by atoms with Crippen molar-refractivity contribution in [3.63, 3.8) is 0 Å². The number of hydrogen-bond donors (Lipinski definition) is 2. The molecular formula is C16H38O6. The number of aliphatic carboxylic acids is 1. The number of carboxylic acid groups (broad SMARTS) is 1. The maximum atomic E-state index is 9.82.